The van der Waals surface area contributed by atoms with Crippen molar-refractivity contribution in [3.8, 4) is 0 Å². The minimum Gasteiger partial charge on any atom is -0.325 e. The third kappa shape index (κ3) is 3.22. The van der Waals surface area contributed by atoms with Crippen molar-refractivity contribution in [1.29, 1.82) is 0 Å². The number of hydrogen-bond acceptors (Lipinski definition) is 1. The second-order valence-electron chi connectivity index (χ2n) is 4.81. The van der Waals surface area contributed by atoms with Crippen molar-refractivity contribution in [2.75, 3.05) is 20.1 Å². The van der Waals surface area contributed by atoms with E-state index in [9.17, 15) is 9.18 Å². The maximum Gasteiger partial charge on any atom is 0.320 e. The zero-order valence-corrected chi connectivity index (χ0v) is 10.7. The number of hydrogen-bond donors (Lipinski definition) is 0. The molecule has 0 bridgehead atoms. The van der Waals surface area contributed by atoms with Crippen LogP contribution in [-0.4, -0.2) is 36.0 Å². The number of carbonyl (C=O) groups is 1. The lowest BCUT2D eigenvalue weighted by Gasteiger charge is -2.31. The second kappa shape index (κ2) is 5.85. The van der Waals surface area contributed by atoms with Gasteiger partial charge >= 0.3 is 6.03 Å². The molecule has 1 aromatic rings. The van der Waals surface area contributed by atoms with E-state index >= 15 is 0 Å². The number of nitrogens with zero attached hydrogens (tertiary/aromatic N) is 2. The molecule has 1 saturated heterocycles. The number of halogens is 1. The maximum atomic E-state index is 12.8. The number of likely N-dealkylation sites (tertiary alicyclic amines) is 1. The van der Waals surface area contributed by atoms with Crippen LogP contribution in [-0.2, 0) is 6.54 Å². The molecule has 3 nitrogen and oxygen atoms in total. The summed E-state index contributed by atoms with van der Waals surface area (Å²) in [5.41, 5.74) is 0.948. The van der Waals surface area contributed by atoms with Crippen LogP contribution in [0.2, 0.25) is 0 Å². The Balaban J connectivity index is 1.92. The van der Waals surface area contributed by atoms with E-state index in [4.69, 9.17) is 0 Å². The highest BCUT2D eigenvalue weighted by molar-refractivity contribution is 5.74. The normalized spacial score (nSPS) is 15.6. The fourth-order valence-electron chi connectivity index (χ4n) is 2.26. The molecule has 0 aromatic heterocycles. The first-order valence-electron chi connectivity index (χ1n) is 6.41. The fourth-order valence-corrected chi connectivity index (χ4v) is 2.26. The minimum absolute atomic E-state index is 0.0685. The molecule has 2 amide bonds. The van der Waals surface area contributed by atoms with E-state index < -0.39 is 0 Å². The Labute approximate surface area is 107 Å². The number of rotatable bonds is 2. The molecule has 1 aliphatic rings. The number of carbonyl (C=O) groups excluding carboxylic acids is 1. The molecule has 4 heteroatoms. The van der Waals surface area contributed by atoms with Gasteiger partial charge in [-0.25, -0.2) is 9.18 Å². The fraction of sp³-hybridized carbons (Fsp3) is 0.500. The molecule has 1 fully saturated rings. The van der Waals surface area contributed by atoms with Crippen molar-refractivity contribution in [2.45, 2.75) is 25.8 Å². The molecular weight excluding hydrogens is 231 g/mol. The summed E-state index contributed by atoms with van der Waals surface area (Å²) < 4.78 is 12.8. The molecule has 0 unspecified atom stereocenters. The predicted octanol–water partition coefficient (Wildman–Crippen LogP) is 2.86. The first kappa shape index (κ1) is 12.9. The summed E-state index contributed by atoms with van der Waals surface area (Å²) in [5, 5.41) is 0. The van der Waals surface area contributed by atoms with Gasteiger partial charge in [-0.3, -0.25) is 0 Å². The van der Waals surface area contributed by atoms with Gasteiger partial charge in [0.05, 0.1) is 0 Å². The van der Waals surface area contributed by atoms with E-state index in [-0.39, 0.29) is 11.8 Å². The van der Waals surface area contributed by atoms with Gasteiger partial charge in [0.1, 0.15) is 5.82 Å². The van der Waals surface area contributed by atoms with Crippen molar-refractivity contribution in [3.05, 3.63) is 35.6 Å². The predicted molar refractivity (Wildman–Crippen MR) is 68.7 cm³/mol. The summed E-state index contributed by atoms with van der Waals surface area (Å²) in [7, 11) is 1.79. The standard InChI is InChI=1S/C14H19FN2O/c1-16(11-12-5-7-13(15)8-6-12)14(18)17-9-3-2-4-10-17/h5-8H,2-4,9-11H2,1H3. The SMILES string of the molecule is CN(Cc1ccc(F)cc1)C(=O)N1CCCCC1. The molecule has 0 spiro atoms. The molecule has 0 atom stereocenters. The molecular formula is C14H19FN2O. The van der Waals surface area contributed by atoms with Crippen molar-refractivity contribution in [3.63, 3.8) is 0 Å². The van der Waals surface area contributed by atoms with E-state index in [1.165, 1.54) is 18.6 Å². The summed E-state index contributed by atoms with van der Waals surface area (Å²) in [6.45, 7) is 2.23. The van der Waals surface area contributed by atoms with E-state index in [2.05, 4.69) is 0 Å². The van der Waals surface area contributed by atoms with E-state index in [0.717, 1.165) is 31.5 Å². The lowest BCUT2D eigenvalue weighted by atomic mass is 10.1. The van der Waals surface area contributed by atoms with Crippen molar-refractivity contribution in [2.24, 2.45) is 0 Å². The Hall–Kier alpha value is -1.58. The van der Waals surface area contributed by atoms with Crippen LogP contribution >= 0.6 is 0 Å². The Morgan fingerprint density at radius 2 is 1.83 bits per heavy atom. The summed E-state index contributed by atoms with van der Waals surface area (Å²) in [6.07, 6.45) is 3.40. The molecule has 1 aromatic carbocycles. The van der Waals surface area contributed by atoms with Gasteiger partial charge in [0, 0.05) is 26.7 Å². The monoisotopic (exact) mass is 250 g/mol. The third-order valence-corrected chi connectivity index (χ3v) is 3.29. The second-order valence-corrected chi connectivity index (χ2v) is 4.81. The quantitative estimate of drug-likeness (QED) is 0.791. The van der Waals surface area contributed by atoms with Crippen LogP contribution in [0.4, 0.5) is 9.18 Å². The molecule has 1 aliphatic heterocycles. The smallest absolute Gasteiger partial charge is 0.320 e. The van der Waals surface area contributed by atoms with Gasteiger partial charge in [-0.1, -0.05) is 12.1 Å². The summed E-state index contributed by atoms with van der Waals surface area (Å²) in [5.74, 6) is -0.247. The highest BCUT2D eigenvalue weighted by Crippen LogP contribution is 2.12. The van der Waals surface area contributed by atoms with Crippen LogP contribution in [0.15, 0.2) is 24.3 Å². The Morgan fingerprint density at radius 1 is 1.22 bits per heavy atom. The summed E-state index contributed by atoms with van der Waals surface area (Å²) in [4.78, 5) is 15.7. The van der Waals surface area contributed by atoms with Gasteiger partial charge < -0.3 is 9.80 Å². The van der Waals surface area contributed by atoms with Gasteiger partial charge in [-0.2, -0.15) is 0 Å². The molecule has 0 aliphatic carbocycles. The Bertz CT molecular complexity index is 399. The van der Waals surface area contributed by atoms with Gasteiger partial charge in [0.25, 0.3) is 0 Å². The average molecular weight is 250 g/mol. The molecule has 1 heterocycles. The first-order valence-corrected chi connectivity index (χ1v) is 6.41. The lowest BCUT2D eigenvalue weighted by Crippen LogP contribution is -2.43. The first-order chi connectivity index (χ1) is 8.66. The zero-order valence-electron chi connectivity index (χ0n) is 10.7. The maximum absolute atomic E-state index is 12.8. The minimum atomic E-state index is -0.247. The summed E-state index contributed by atoms with van der Waals surface area (Å²) >= 11 is 0. The van der Waals surface area contributed by atoms with Crippen LogP contribution in [0.1, 0.15) is 24.8 Å². The topological polar surface area (TPSA) is 23.6 Å². The highest BCUT2D eigenvalue weighted by atomic mass is 19.1. The highest BCUT2D eigenvalue weighted by Gasteiger charge is 2.19. The van der Waals surface area contributed by atoms with Gasteiger partial charge in [-0.05, 0) is 37.0 Å². The van der Waals surface area contributed by atoms with Gasteiger partial charge in [-0.15, -0.1) is 0 Å². The van der Waals surface area contributed by atoms with Crippen molar-refractivity contribution < 1.29 is 9.18 Å². The number of benzene rings is 1. The van der Waals surface area contributed by atoms with Crippen molar-refractivity contribution >= 4 is 6.03 Å². The molecule has 98 valence electrons. The molecule has 2 rings (SSSR count). The lowest BCUT2D eigenvalue weighted by molar-refractivity contribution is 0.151. The average Bonchev–Trinajstić information content (AvgIpc) is 2.41. The molecule has 18 heavy (non-hydrogen) atoms. The molecule has 0 radical (unpaired) electrons. The summed E-state index contributed by atoms with van der Waals surface area (Å²) in [6, 6.07) is 6.35. The van der Waals surface area contributed by atoms with E-state index in [1.807, 2.05) is 4.90 Å². The zero-order chi connectivity index (χ0) is 13.0. The van der Waals surface area contributed by atoms with Crippen molar-refractivity contribution in [1.82, 2.24) is 9.80 Å². The number of amides is 2. The van der Waals surface area contributed by atoms with E-state index in [1.54, 1.807) is 24.1 Å². The largest absolute Gasteiger partial charge is 0.325 e. The van der Waals surface area contributed by atoms with Gasteiger partial charge in [0.2, 0.25) is 0 Å². The van der Waals surface area contributed by atoms with E-state index in [0.29, 0.717) is 6.54 Å². The van der Waals surface area contributed by atoms with Crippen LogP contribution in [0, 0.1) is 5.82 Å². The van der Waals surface area contributed by atoms with Crippen LogP contribution < -0.4 is 0 Å². The number of urea groups is 1. The van der Waals surface area contributed by atoms with Gasteiger partial charge in [0.15, 0.2) is 0 Å². The number of piperidine rings is 1. The Morgan fingerprint density at radius 3 is 2.44 bits per heavy atom. The van der Waals surface area contributed by atoms with Crippen LogP contribution in [0.5, 0.6) is 0 Å². The van der Waals surface area contributed by atoms with Crippen LogP contribution in [0.25, 0.3) is 0 Å². The third-order valence-electron chi connectivity index (χ3n) is 3.29. The molecule has 0 N–H and O–H groups in total. The van der Waals surface area contributed by atoms with Crippen LogP contribution in [0.3, 0.4) is 0 Å². The molecule has 0 saturated carbocycles. The Kier molecular flexibility index (Phi) is 4.18.